The Morgan fingerprint density at radius 3 is 2.74 bits per heavy atom. The van der Waals surface area contributed by atoms with Gasteiger partial charge in [0.15, 0.2) is 0 Å². The number of H-pyrrole nitrogens is 1. The van der Waals surface area contributed by atoms with E-state index in [-0.39, 0.29) is 11.3 Å². The Kier molecular flexibility index (Phi) is 4.90. The number of benzene rings is 1. The zero-order chi connectivity index (χ0) is 19.6. The number of nitrogens with one attached hydrogen (secondary N) is 1. The molecule has 2 heterocycles. The highest BCUT2D eigenvalue weighted by atomic mass is 16.4. The van der Waals surface area contributed by atoms with E-state index in [9.17, 15) is 9.59 Å². The molecule has 0 aliphatic heterocycles. The Bertz CT molecular complexity index is 1110. The minimum absolute atomic E-state index is 0.0331. The fourth-order valence-corrected chi connectivity index (χ4v) is 2.88. The molecule has 2 aromatic heterocycles. The van der Waals surface area contributed by atoms with Gasteiger partial charge < -0.3 is 15.0 Å². The van der Waals surface area contributed by atoms with Crippen molar-refractivity contribution >= 4 is 22.6 Å². The lowest BCUT2D eigenvalue weighted by atomic mass is 10.0. The highest BCUT2D eigenvalue weighted by molar-refractivity contribution is 5.85. The van der Waals surface area contributed by atoms with Crippen LogP contribution in [0.5, 0.6) is 0 Å². The summed E-state index contributed by atoms with van der Waals surface area (Å²) in [6.45, 7) is 4.46. The molecule has 0 amide bonds. The van der Waals surface area contributed by atoms with Crippen molar-refractivity contribution in [2.24, 2.45) is 0 Å². The van der Waals surface area contributed by atoms with Gasteiger partial charge in [0.05, 0.1) is 29.3 Å². The number of aryl methyl sites for hydroxylation is 2. The van der Waals surface area contributed by atoms with Gasteiger partial charge in [-0.05, 0) is 49.2 Å². The molecular weight excluding hydrogens is 344 g/mol. The summed E-state index contributed by atoms with van der Waals surface area (Å²) in [5.41, 5.74) is 3.04. The minimum atomic E-state index is -1.09. The molecule has 0 radical (unpaired) electrons. The summed E-state index contributed by atoms with van der Waals surface area (Å²) >= 11 is 0. The second kappa shape index (κ2) is 7.30. The van der Waals surface area contributed by atoms with Crippen LogP contribution in [0.25, 0.3) is 10.9 Å². The second-order valence-corrected chi connectivity index (χ2v) is 6.21. The lowest BCUT2D eigenvalue weighted by Gasteiger charge is -2.23. The average Bonchev–Trinajstić information content (AvgIpc) is 2.62. The van der Waals surface area contributed by atoms with Gasteiger partial charge in [-0.2, -0.15) is 0 Å². The summed E-state index contributed by atoms with van der Waals surface area (Å²) < 4.78 is 0. The topological polar surface area (TPSA) is 99.2 Å². The van der Waals surface area contributed by atoms with Crippen molar-refractivity contribution in [3.8, 4) is 12.3 Å². The molecule has 0 unspecified atom stereocenters. The molecule has 0 saturated carbocycles. The zero-order valence-corrected chi connectivity index (χ0v) is 15.0. The SMILES string of the molecule is C#CCN(Cc1cc2c(=O)[nH]c(C)nc2cc1C)c1ccc(C(=O)O)nc1. The molecular formula is C20H18N4O3. The molecule has 0 atom stereocenters. The number of terminal acetylenes is 1. The maximum absolute atomic E-state index is 12.2. The standard InChI is InChI=1S/C20H18N4O3/c1-4-7-24(15-5-6-17(20(26)27)21-10-15)11-14-9-16-18(8-12(14)2)22-13(3)23-19(16)25/h1,5-6,8-10H,7,11H2,2-3H3,(H,26,27)(H,22,23,25). The summed E-state index contributed by atoms with van der Waals surface area (Å²) in [5.74, 6) is 2.08. The molecule has 7 nitrogen and oxygen atoms in total. The maximum Gasteiger partial charge on any atom is 0.354 e. The Balaban J connectivity index is 1.99. The minimum Gasteiger partial charge on any atom is -0.477 e. The van der Waals surface area contributed by atoms with E-state index in [1.54, 1.807) is 13.0 Å². The van der Waals surface area contributed by atoms with Crippen LogP contribution in [-0.2, 0) is 6.54 Å². The van der Waals surface area contributed by atoms with Crippen LogP contribution in [0.3, 0.4) is 0 Å². The lowest BCUT2D eigenvalue weighted by molar-refractivity contribution is 0.0690. The molecule has 3 rings (SSSR count). The number of carboxylic acids is 1. The van der Waals surface area contributed by atoms with Crippen LogP contribution in [-0.4, -0.2) is 32.6 Å². The fraction of sp³-hybridized carbons (Fsp3) is 0.200. The molecule has 1 aromatic carbocycles. The second-order valence-electron chi connectivity index (χ2n) is 6.21. The van der Waals surface area contributed by atoms with Gasteiger partial charge in [0.2, 0.25) is 0 Å². The first kappa shape index (κ1) is 18.1. The fourth-order valence-electron chi connectivity index (χ4n) is 2.88. The predicted octanol–water partition coefficient (Wildman–Crippen LogP) is 2.27. The number of fused-ring (bicyclic) bond motifs is 1. The number of pyridine rings is 1. The maximum atomic E-state index is 12.2. The highest BCUT2D eigenvalue weighted by Gasteiger charge is 2.13. The lowest BCUT2D eigenvalue weighted by Crippen LogP contribution is -2.24. The number of nitrogens with zero attached hydrogens (tertiary/aromatic N) is 3. The van der Waals surface area contributed by atoms with Gasteiger partial charge in [0.1, 0.15) is 11.5 Å². The van der Waals surface area contributed by atoms with Crippen molar-refractivity contribution < 1.29 is 9.90 Å². The van der Waals surface area contributed by atoms with Crippen molar-refractivity contribution in [3.63, 3.8) is 0 Å². The summed E-state index contributed by atoms with van der Waals surface area (Å²) in [6.07, 6.45) is 6.98. The van der Waals surface area contributed by atoms with Crippen LogP contribution in [0, 0.1) is 26.2 Å². The number of aromatic nitrogens is 3. The zero-order valence-electron chi connectivity index (χ0n) is 15.0. The first-order valence-corrected chi connectivity index (χ1v) is 8.27. The molecule has 0 aliphatic carbocycles. The van der Waals surface area contributed by atoms with Crippen LogP contribution < -0.4 is 10.5 Å². The van der Waals surface area contributed by atoms with E-state index in [1.165, 1.54) is 12.3 Å². The summed E-state index contributed by atoms with van der Waals surface area (Å²) in [4.78, 5) is 36.1. The first-order valence-electron chi connectivity index (χ1n) is 8.27. The van der Waals surface area contributed by atoms with E-state index in [4.69, 9.17) is 11.5 Å². The van der Waals surface area contributed by atoms with E-state index in [2.05, 4.69) is 20.9 Å². The molecule has 0 bridgehead atoms. The van der Waals surface area contributed by atoms with E-state index >= 15 is 0 Å². The van der Waals surface area contributed by atoms with Crippen LogP contribution in [0.15, 0.2) is 35.3 Å². The van der Waals surface area contributed by atoms with Crippen LogP contribution in [0.1, 0.15) is 27.4 Å². The third-order valence-electron chi connectivity index (χ3n) is 4.26. The van der Waals surface area contributed by atoms with Crippen molar-refractivity contribution in [1.29, 1.82) is 0 Å². The van der Waals surface area contributed by atoms with E-state index in [1.807, 2.05) is 24.0 Å². The molecule has 2 N–H and O–H groups in total. The number of hydrogen-bond donors (Lipinski definition) is 2. The van der Waals surface area contributed by atoms with Gasteiger partial charge in [0.25, 0.3) is 5.56 Å². The van der Waals surface area contributed by atoms with Gasteiger partial charge in [-0.15, -0.1) is 6.42 Å². The van der Waals surface area contributed by atoms with Gasteiger partial charge in [-0.3, -0.25) is 4.79 Å². The molecule has 27 heavy (non-hydrogen) atoms. The third-order valence-corrected chi connectivity index (χ3v) is 4.26. The number of carbonyl (C=O) groups is 1. The largest absolute Gasteiger partial charge is 0.477 e. The Labute approximate surface area is 155 Å². The first-order chi connectivity index (χ1) is 12.9. The third kappa shape index (κ3) is 3.80. The molecule has 0 saturated heterocycles. The number of anilines is 1. The van der Waals surface area contributed by atoms with E-state index in [0.29, 0.717) is 35.5 Å². The van der Waals surface area contributed by atoms with Crippen molar-refractivity contribution in [3.05, 3.63) is 63.5 Å². The van der Waals surface area contributed by atoms with Crippen molar-refractivity contribution in [2.45, 2.75) is 20.4 Å². The summed E-state index contributed by atoms with van der Waals surface area (Å²) in [6, 6.07) is 6.80. The summed E-state index contributed by atoms with van der Waals surface area (Å²) in [5, 5.41) is 9.50. The smallest absolute Gasteiger partial charge is 0.354 e. The molecule has 0 fully saturated rings. The number of hydrogen-bond acceptors (Lipinski definition) is 5. The monoisotopic (exact) mass is 362 g/mol. The van der Waals surface area contributed by atoms with Gasteiger partial charge in [-0.1, -0.05) is 5.92 Å². The normalized spacial score (nSPS) is 10.6. The van der Waals surface area contributed by atoms with E-state index < -0.39 is 5.97 Å². The molecule has 0 spiro atoms. The van der Waals surface area contributed by atoms with Gasteiger partial charge in [-0.25, -0.2) is 14.8 Å². The molecule has 0 aliphatic rings. The van der Waals surface area contributed by atoms with Crippen molar-refractivity contribution in [1.82, 2.24) is 15.0 Å². The van der Waals surface area contributed by atoms with E-state index in [0.717, 1.165) is 11.1 Å². The van der Waals surface area contributed by atoms with Crippen LogP contribution in [0.4, 0.5) is 5.69 Å². The number of rotatable bonds is 5. The molecule has 7 heteroatoms. The molecule has 3 aromatic rings. The number of aromatic carboxylic acids is 1. The predicted molar refractivity (Wildman–Crippen MR) is 103 cm³/mol. The quantitative estimate of drug-likeness (QED) is 0.676. The Morgan fingerprint density at radius 2 is 2.11 bits per heavy atom. The molecule has 136 valence electrons. The number of carboxylic acid groups (broad SMARTS) is 1. The Hall–Kier alpha value is -3.66. The average molecular weight is 362 g/mol. The highest BCUT2D eigenvalue weighted by Crippen LogP contribution is 2.21. The Morgan fingerprint density at radius 1 is 1.33 bits per heavy atom. The van der Waals surface area contributed by atoms with Crippen LogP contribution in [0.2, 0.25) is 0 Å². The van der Waals surface area contributed by atoms with Crippen LogP contribution >= 0.6 is 0 Å². The number of aromatic amines is 1. The van der Waals surface area contributed by atoms with Crippen molar-refractivity contribution in [2.75, 3.05) is 11.4 Å². The van der Waals surface area contributed by atoms with Gasteiger partial charge >= 0.3 is 5.97 Å². The summed E-state index contributed by atoms with van der Waals surface area (Å²) in [7, 11) is 0. The van der Waals surface area contributed by atoms with Gasteiger partial charge in [0, 0.05) is 6.54 Å².